The lowest BCUT2D eigenvalue weighted by molar-refractivity contribution is -0.150. The largest absolute Gasteiger partial charge is 0.474 e. The minimum atomic E-state index is -1.44. The zero-order chi connectivity index (χ0) is 12.8. The van der Waals surface area contributed by atoms with E-state index in [0.29, 0.717) is 18.9 Å². The second-order valence-electron chi connectivity index (χ2n) is 4.21. The van der Waals surface area contributed by atoms with Gasteiger partial charge in [-0.05, 0) is 23.5 Å². The van der Waals surface area contributed by atoms with E-state index in [2.05, 4.69) is 31.3 Å². The highest BCUT2D eigenvalue weighted by Gasteiger charge is 2.09. The van der Waals surface area contributed by atoms with E-state index >= 15 is 0 Å². The summed E-state index contributed by atoms with van der Waals surface area (Å²) in [5.74, 6) is -1.90. The van der Waals surface area contributed by atoms with Crippen molar-refractivity contribution in [1.82, 2.24) is 5.32 Å². The van der Waals surface area contributed by atoms with Gasteiger partial charge in [-0.3, -0.25) is 4.79 Å². The van der Waals surface area contributed by atoms with Crippen LogP contribution in [0.4, 0.5) is 0 Å². The second kappa shape index (κ2) is 6.03. The molecule has 0 saturated carbocycles. The van der Waals surface area contributed by atoms with E-state index in [1.54, 1.807) is 0 Å². The lowest BCUT2D eigenvalue weighted by Gasteiger charge is -2.07. The van der Waals surface area contributed by atoms with Crippen molar-refractivity contribution in [2.45, 2.75) is 26.2 Å². The van der Waals surface area contributed by atoms with Crippen LogP contribution in [-0.2, 0) is 16.0 Å². The van der Waals surface area contributed by atoms with Gasteiger partial charge in [-0.1, -0.05) is 38.1 Å². The highest BCUT2D eigenvalue weighted by Crippen LogP contribution is 2.14. The number of carbonyl (C=O) groups is 2. The number of aliphatic carboxylic acids is 1. The number of hydrogen-bond acceptors (Lipinski definition) is 2. The van der Waals surface area contributed by atoms with Gasteiger partial charge in [-0.25, -0.2) is 4.79 Å². The van der Waals surface area contributed by atoms with Gasteiger partial charge < -0.3 is 10.4 Å². The van der Waals surface area contributed by atoms with Crippen molar-refractivity contribution in [3.8, 4) is 0 Å². The zero-order valence-electron chi connectivity index (χ0n) is 10.1. The maximum absolute atomic E-state index is 10.8. The number of carboxylic acids is 1. The number of hydrogen-bond donors (Lipinski definition) is 2. The van der Waals surface area contributed by atoms with Gasteiger partial charge in [0.1, 0.15) is 0 Å². The monoisotopic (exact) mass is 235 g/mol. The van der Waals surface area contributed by atoms with Crippen LogP contribution in [0, 0.1) is 0 Å². The number of amides is 1. The summed E-state index contributed by atoms with van der Waals surface area (Å²) in [5.41, 5.74) is 2.35. The Morgan fingerprint density at radius 3 is 2.29 bits per heavy atom. The summed E-state index contributed by atoms with van der Waals surface area (Å²) >= 11 is 0. The first kappa shape index (κ1) is 13.2. The molecule has 0 atom stereocenters. The second-order valence-corrected chi connectivity index (χ2v) is 4.21. The van der Waals surface area contributed by atoms with E-state index in [0.717, 1.165) is 5.56 Å². The minimum Gasteiger partial charge on any atom is -0.474 e. The molecule has 2 N–H and O–H groups in total. The van der Waals surface area contributed by atoms with Crippen LogP contribution in [0.1, 0.15) is 30.9 Å². The normalized spacial score (nSPS) is 10.3. The fourth-order valence-electron chi connectivity index (χ4n) is 1.47. The van der Waals surface area contributed by atoms with Crippen LogP contribution in [0.5, 0.6) is 0 Å². The van der Waals surface area contributed by atoms with Gasteiger partial charge in [0.15, 0.2) is 0 Å². The molecule has 4 heteroatoms. The molecule has 17 heavy (non-hydrogen) atoms. The molecule has 1 amide bonds. The molecule has 92 valence electrons. The Balaban J connectivity index is 2.42. The Morgan fingerprint density at radius 1 is 1.24 bits per heavy atom. The molecule has 0 aliphatic carbocycles. The van der Waals surface area contributed by atoms with Gasteiger partial charge >= 0.3 is 11.9 Å². The van der Waals surface area contributed by atoms with Crippen molar-refractivity contribution in [3.63, 3.8) is 0 Å². The Labute approximate surface area is 101 Å². The third-order valence-electron chi connectivity index (χ3n) is 2.54. The van der Waals surface area contributed by atoms with Crippen molar-refractivity contribution in [1.29, 1.82) is 0 Å². The summed E-state index contributed by atoms with van der Waals surface area (Å²) in [6.45, 7) is 4.59. The van der Waals surface area contributed by atoms with E-state index in [1.165, 1.54) is 5.56 Å². The minimum absolute atomic E-state index is 0.339. The molecule has 1 aromatic rings. The number of nitrogens with one attached hydrogen (secondary N) is 1. The van der Waals surface area contributed by atoms with Crippen LogP contribution >= 0.6 is 0 Å². The molecule has 0 spiro atoms. The molecule has 1 aromatic carbocycles. The van der Waals surface area contributed by atoms with Crippen LogP contribution in [-0.4, -0.2) is 23.5 Å². The lowest BCUT2D eigenvalue weighted by Crippen LogP contribution is -2.32. The summed E-state index contributed by atoms with van der Waals surface area (Å²) in [4.78, 5) is 21.0. The fraction of sp³-hybridized carbons (Fsp3) is 0.385. The smallest absolute Gasteiger partial charge is 0.394 e. The molecule has 0 fully saturated rings. The molecule has 0 aromatic heterocycles. The molecule has 0 aliphatic heterocycles. The Hall–Kier alpha value is -1.84. The van der Waals surface area contributed by atoms with E-state index in [-0.39, 0.29) is 0 Å². The SMILES string of the molecule is CC(C)c1ccc(CCNC(=O)C(=O)O)cc1. The highest BCUT2D eigenvalue weighted by atomic mass is 16.4. The number of carboxylic acid groups (broad SMARTS) is 1. The highest BCUT2D eigenvalue weighted by molar-refractivity contribution is 6.31. The molecule has 1 rings (SSSR count). The maximum atomic E-state index is 10.8. The molecule has 0 radical (unpaired) electrons. The molecule has 0 saturated heterocycles. The molecule has 0 heterocycles. The van der Waals surface area contributed by atoms with Crippen molar-refractivity contribution < 1.29 is 14.7 Å². The summed E-state index contributed by atoms with van der Waals surface area (Å²) < 4.78 is 0. The molecule has 0 unspecified atom stereocenters. The summed E-state index contributed by atoms with van der Waals surface area (Å²) in [6.07, 6.45) is 0.636. The van der Waals surface area contributed by atoms with Crippen molar-refractivity contribution in [3.05, 3.63) is 35.4 Å². The lowest BCUT2D eigenvalue weighted by atomic mass is 10.0. The standard InChI is InChI=1S/C13H17NO3/c1-9(2)11-5-3-10(4-6-11)7-8-14-12(15)13(16)17/h3-6,9H,7-8H2,1-2H3,(H,14,15)(H,16,17). The number of carbonyl (C=O) groups excluding carboxylic acids is 1. The van der Waals surface area contributed by atoms with E-state index in [1.807, 2.05) is 12.1 Å². The summed E-state index contributed by atoms with van der Waals surface area (Å²) in [6, 6.07) is 8.11. The van der Waals surface area contributed by atoms with Crippen molar-refractivity contribution >= 4 is 11.9 Å². The molecule has 4 nitrogen and oxygen atoms in total. The molecular formula is C13H17NO3. The van der Waals surface area contributed by atoms with Gasteiger partial charge in [0.25, 0.3) is 0 Å². The van der Waals surface area contributed by atoms with Crippen LogP contribution in [0.25, 0.3) is 0 Å². The Kier molecular flexibility index (Phi) is 4.69. The quantitative estimate of drug-likeness (QED) is 0.778. The maximum Gasteiger partial charge on any atom is 0.394 e. The van der Waals surface area contributed by atoms with Gasteiger partial charge in [0.2, 0.25) is 0 Å². The Morgan fingerprint density at radius 2 is 1.82 bits per heavy atom. The first-order valence-corrected chi connectivity index (χ1v) is 5.60. The van der Waals surface area contributed by atoms with Crippen molar-refractivity contribution in [2.24, 2.45) is 0 Å². The number of benzene rings is 1. The van der Waals surface area contributed by atoms with E-state index in [4.69, 9.17) is 5.11 Å². The summed E-state index contributed by atoms with van der Waals surface area (Å²) in [7, 11) is 0. The molecule has 0 aliphatic rings. The van der Waals surface area contributed by atoms with E-state index < -0.39 is 11.9 Å². The fourth-order valence-corrected chi connectivity index (χ4v) is 1.47. The predicted molar refractivity (Wildman–Crippen MR) is 64.9 cm³/mol. The zero-order valence-corrected chi connectivity index (χ0v) is 10.1. The third kappa shape index (κ3) is 4.26. The van der Waals surface area contributed by atoms with Crippen LogP contribution in [0.2, 0.25) is 0 Å². The van der Waals surface area contributed by atoms with Gasteiger partial charge in [0.05, 0.1) is 0 Å². The van der Waals surface area contributed by atoms with Crippen LogP contribution in [0.15, 0.2) is 24.3 Å². The van der Waals surface area contributed by atoms with Crippen molar-refractivity contribution in [2.75, 3.05) is 6.54 Å². The topological polar surface area (TPSA) is 66.4 Å². The predicted octanol–water partition coefficient (Wildman–Crippen LogP) is 1.55. The summed E-state index contributed by atoms with van der Waals surface area (Å²) in [5, 5.41) is 10.7. The first-order valence-electron chi connectivity index (χ1n) is 5.60. The third-order valence-corrected chi connectivity index (χ3v) is 2.54. The Bertz CT molecular complexity index is 396. The molecule has 0 bridgehead atoms. The van der Waals surface area contributed by atoms with Gasteiger partial charge in [0, 0.05) is 6.54 Å². The first-order chi connectivity index (χ1) is 8.00. The van der Waals surface area contributed by atoms with Gasteiger partial charge in [-0.2, -0.15) is 0 Å². The van der Waals surface area contributed by atoms with Gasteiger partial charge in [-0.15, -0.1) is 0 Å². The molecular weight excluding hydrogens is 218 g/mol. The van der Waals surface area contributed by atoms with Crippen LogP contribution < -0.4 is 5.32 Å². The van der Waals surface area contributed by atoms with Crippen LogP contribution in [0.3, 0.4) is 0 Å². The average molecular weight is 235 g/mol. The number of rotatable bonds is 4. The average Bonchev–Trinajstić information content (AvgIpc) is 2.29. The van der Waals surface area contributed by atoms with E-state index in [9.17, 15) is 9.59 Å².